The first kappa shape index (κ1) is 8.46. The topological polar surface area (TPSA) is 42.0 Å². The van der Waals surface area contributed by atoms with Crippen molar-refractivity contribution >= 4 is 11.7 Å². The number of hydrogen-bond donors (Lipinski definition) is 1. The Hall–Kier alpha value is -1.64. The van der Waals surface area contributed by atoms with Gasteiger partial charge in [0.25, 0.3) is 0 Å². The molecule has 0 unspecified atom stereocenters. The molecule has 1 amide bonds. The number of nitrogens with one attached hydrogen (secondary N) is 1. The number of amides is 1. The molecule has 1 N–H and O–H groups in total. The van der Waals surface area contributed by atoms with E-state index in [0.29, 0.717) is 5.82 Å². The molecule has 1 heterocycles. The summed E-state index contributed by atoms with van der Waals surface area (Å²) in [5.41, 5.74) is 0.938. The first-order valence-electron chi connectivity index (χ1n) is 3.59. The van der Waals surface area contributed by atoms with Gasteiger partial charge >= 0.3 is 0 Å². The second-order valence-corrected chi connectivity index (χ2v) is 2.36. The molecule has 0 fully saturated rings. The number of carbonyl (C=O) groups is 1. The minimum absolute atomic E-state index is 0.239. The average molecular weight is 162 g/mol. The van der Waals surface area contributed by atoms with Gasteiger partial charge in [-0.3, -0.25) is 4.79 Å². The minimum atomic E-state index is -0.239. The van der Waals surface area contributed by atoms with E-state index in [2.05, 4.69) is 16.9 Å². The van der Waals surface area contributed by atoms with Crippen LogP contribution in [-0.4, -0.2) is 10.9 Å². The summed E-state index contributed by atoms with van der Waals surface area (Å²) in [6.45, 7) is 5.23. The van der Waals surface area contributed by atoms with Crippen molar-refractivity contribution in [2.45, 2.75) is 6.92 Å². The number of aromatic nitrogens is 1. The van der Waals surface area contributed by atoms with E-state index in [1.54, 1.807) is 6.20 Å². The number of hydrogen-bond acceptors (Lipinski definition) is 2. The van der Waals surface area contributed by atoms with E-state index in [9.17, 15) is 4.79 Å². The van der Waals surface area contributed by atoms with Crippen molar-refractivity contribution < 1.29 is 4.79 Å². The molecule has 0 aromatic carbocycles. The van der Waals surface area contributed by atoms with Gasteiger partial charge in [-0.1, -0.05) is 12.6 Å². The summed E-state index contributed by atoms with van der Waals surface area (Å²) in [4.78, 5) is 14.9. The van der Waals surface area contributed by atoms with E-state index in [0.717, 1.165) is 5.56 Å². The van der Waals surface area contributed by atoms with Crippen molar-refractivity contribution in [1.29, 1.82) is 0 Å². The van der Waals surface area contributed by atoms with Gasteiger partial charge in [-0.25, -0.2) is 4.98 Å². The van der Waals surface area contributed by atoms with Crippen LogP contribution in [-0.2, 0) is 4.79 Å². The van der Waals surface area contributed by atoms with Crippen LogP contribution >= 0.6 is 0 Å². The third-order valence-electron chi connectivity index (χ3n) is 1.44. The van der Waals surface area contributed by atoms with Gasteiger partial charge in [-0.15, -0.1) is 0 Å². The molecule has 1 rings (SSSR count). The van der Waals surface area contributed by atoms with Crippen molar-refractivity contribution in [1.82, 2.24) is 4.98 Å². The molecule has 1 aromatic heterocycles. The van der Waals surface area contributed by atoms with Crippen molar-refractivity contribution in [3.05, 3.63) is 36.5 Å². The predicted octanol–water partition coefficient (Wildman–Crippen LogP) is 1.51. The molecule has 1 aromatic rings. The lowest BCUT2D eigenvalue weighted by Gasteiger charge is -2.02. The Morgan fingerprint density at radius 2 is 2.50 bits per heavy atom. The van der Waals surface area contributed by atoms with Gasteiger partial charge in [0.1, 0.15) is 5.82 Å². The van der Waals surface area contributed by atoms with Crippen LogP contribution in [0.5, 0.6) is 0 Å². The molecular formula is C9H10N2O. The zero-order chi connectivity index (χ0) is 8.97. The molecule has 62 valence electrons. The van der Waals surface area contributed by atoms with E-state index in [-0.39, 0.29) is 5.91 Å². The number of carbonyl (C=O) groups excluding carboxylic acids is 1. The van der Waals surface area contributed by atoms with Crippen molar-refractivity contribution in [2.24, 2.45) is 0 Å². The van der Waals surface area contributed by atoms with Gasteiger partial charge in [0.05, 0.1) is 0 Å². The summed E-state index contributed by atoms with van der Waals surface area (Å²) in [7, 11) is 0. The highest BCUT2D eigenvalue weighted by Gasteiger charge is 1.99. The first-order valence-corrected chi connectivity index (χ1v) is 3.59. The van der Waals surface area contributed by atoms with Gasteiger partial charge in [0.2, 0.25) is 5.91 Å². The fourth-order valence-electron chi connectivity index (χ4n) is 0.784. The zero-order valence-corrected chi connectivity index (χ0v) is 6.87. The molecule has 0 aliphatic heterocycles. The Morgan fingerprint density at radius 3 is 3.08 bits per heavy atom. The van der Waals surface area contributed by atoms with E-state index in [1.165, 1.54) is 6.08 Å². The van der Waals surface area contributed by atoms with Crippen LogP contribution < -0.4 is 5.32 Å². The zero-order valence-electron chi connectivity index (χ0n) is 6.87. The normalized spacial score (nSPS) is 9.08. The van der Waals surface area contributed by atoms with Gasteiger partial charge in [-0.05, 0) is 24.6 Å². The number of pyridine rings is 1. The van der Waals surface area contributed by atoms with E-state index in [4.69, 9.17) is 0 Å². The predicted molar refractivity (Wildman–Crippen MR) is 47.8 cm³/mol. The Morgan fingerprint density at radius 1 is 1.75 bits per heavy atom. The Kier molecular flexibility index (Phi) is 2.58. The first-order chi connectivity index (χ1) is 5.74. The summed E-state index contributed by atoms with van der Waals surface area (Å²) in [5.74, 6) is 0.346. The highest BCUT2D eigenvalue weighted by atomic mass is 16.1. The molecule has 12 heavy (non-hydrogen) atoms. The van der Waals surface area contributed by atoms with Gasteiger partial charge in [0, 0.05) is 6.20 Å². The quantitative estimate of drug-likeness (QED) is 0.670. The van der Waals surface area contributed by atoms with Crippen LogP contribution in [0.1, 0.15) is 5.56 Å². The summed E-state index contributed by atoms with van der Waals surface area (Å²) >= 11 is 0. The van der Waals surface area contributed by atoms with Crippen LogP contribution in [0.3, 0.4) is 0 Å². The van der Waals surface area contributed by atoms with Crippen LogP contribution in [0.2, 0.25) is 0 Å². The summed E-state index contributed by atoms with van der Waals surface area (Å²) < 4.78 is 0. The fraction of sp³-hybridized carbons (Fsp3) is 0.111. The number of anilines is 1. The smallest absolute Gasteiger partial charge is 0.248 e. The van der Waals surface area contributed by atoms with Crippen molar-refractivity contribution in [3.8, 4) is 0 Å². The number of aryl methyl sites for hydroxylation is 1. The molecule has 0 aliphatic rings. The maximum Gasteiger partial charge on any atom is 0.248 e. The molecule has 0 bridgehead atoms. The highest BCUT2D eigenvalue weighted by Crippen LogP contribution is 2.08. The van der Waals surface area contributed by atoms with Crippen LogP contribution in [0, 0.1) is 6.92 Å². The number of rotatable bonds is 2. The molecule has 0 atom stereocenters. The summed E-state index contributed by atoms with van der Waals surface area (Å²) in [6.07, 6.45) is 2.85. The third-order valence-corrected chi connectivity index (χ3v) is 1.44. The van der Waals surface area contributed by atoms with Crippen LogP contribution in [0.25, 0.3) is 0 Å². The average Bonchev–Trinajstić information content (AvgIpc) is 2.09. The second kappa shape index (κ2) is 3.67. The lowest BCUT2D eigenvalue weighted by Crippen LogP contribution is -2.09. The molecule has 3 heteroatoms. The molecule has 0 saturated carbocycles. The monoisotopic (exact) mass is 162 g/mol. The minimum Gasteiger partial charge on any atom is -0.307 e. The second-order valence-electron chi connectivity index (χ2n) is 2.36. The van der Waals surface area contributed by atoms with Gasteiger partial charge in [0.15, 0.2) is 0 Å². The van der Waals surface area contributed by atoms with Crippen LogP contribution in [0.4, 0.5) is 5.82 Å². The Bertz CT molecular complexity index is 307. The third kappa shape index (κ3) is 1.92. The SMILES string of the molecule is C=CC(=O)Nc1ncccc1C. The molecule has 0 saturated heterocycles. The van der Waals surface area contributed by atoms with Crippen molar-refractivity contribution in [2.75, 3.05) is 5.32 Å². The van der Waals surface area contributed by atoms with Gasteiger partial charge in [-0.2, -0.15) is 0 Å². The van der Waals surface area contributed by atoms with Gasteiger partial charge < -0.3 is 5.32 Å². The van der Waals surface area contributed by atoms with E-state index < -0.39 is 0 Å². The molecule has 0 radical (unpaired) electrons. The Balaban J connectivity index is 2.82. The van der Waals surface area contributed by atoms with E-state index >= 15 is 0 Å². The maximum atomic E-state index is 10.9. The lowest BCUT2D eigenvalue weighted by molar-refractivity contribution is -0.111. The van der Waals surface area contributed by atoms with Crippen molar-refractivity contribution in [3.63, 3.8) is 0 Å². The lowest BCUT2D eigenvalue weighted by atomic mass is 10.3. The summed E-state index contributed by atoms with van der Waals surface area (Å²) in [6, 6.07) is 3.70. The molecule has 0 spiro atoms. The molecule has 3 nitrogen and oxygen atoms in total. The summed E-state index contributed by atoms with van der Waals surface area (Å²) in [5, 5.41) is 2.59. The Labute approximate surface area is 71.1 Å². The molecule has 0 aliphatic carbocycles. The molecular weight excluding hydrogens is 152 g/mol. The van der Waals surface area contributed by atoms with Crippen LogP contribution in [0.15, 0.2) is 31.0 Å². The number of nitrogens with zero attached hydrogens (tertiary/aromatic N) is 1. The standard InChI is InChI=1S/C9H10N2O/c1-3-8(12)11-9-7(2)5-4-6-10-9/h3-6H,1H2,2H3,(H,10,11,12). The highest BCUT2D eigenvalue weighted by molar-refractivity contribution is 5.98. The van der Waals surface area contributed by atoms with E-state index in [1.807, 2.05) is 19.1 Å². The fourth-order valence-corrected chi connectivity index (χ4v) is 0.784. The maximum absolute atomic E-state index is 10.9. The largest absolute Gasteiger partial charge is 0.307 e.